The number of hydrogen-bond acceptors (Lipinski definition) is 3. The number of carbonyl (C=O) groups is 1. The van der Waals surface area contributed by atoms with Crippen LogP contribution in [0.1, 0.15) is 10.4 Å². The number of nitrogens with zero attached hydrogens (tertiary/aromatic N) is 1. The fraction of sp³-hybridized carbons (Fsp3) is 0.111. The van der Waals surface area contributed by atoms with Gasteiger partial charge in [-0.05, 0) is 0 Å². The van der Waals surface area contributed by atoms with Gasteiger partial charge in [0, 0.05) is 19.2 Å². The fourth-order valence-electron chi connectivity index (χ4n) is 1.33. The zero-order valence-corrected chi connectivity index (χ0v) is 7.35. The van der Waals surface area contributed by atoms with E-state index in [1.807, 2.05) is 0 Å². The summed E-state index contributed by atoms with van der Waals surface area (Å²) in [5.41, 5.74) is 0.235. The number of fused-ring (bicyclic) bond motifs is 1. The van der Waals surface area contributed by atoms with E-state index in [1.165, 1.54) is 10.8 Å². The minimum absolute atomic E-state index is 0.104. The van der Waals surface area contributed by atoms with Crippen molar-refractivity contribution in [3.05, 3.63) is 34.3 Å². The summed E-state index contributed by atoms with van der Waals surface area (Å²) < 4.78 is 6.34. The molecule has 0 aliphatic carbocycles. The number of aromatic carboxylic acids is 1. The molecule has 14 heavy (non-hydrogen) atoms. The maximum atomic E-state index is 11.3. The molecule has 0 amide bonds. The third-order valence-corrected chi connectivity index (χ3v) is 2.08. The van der Waals surface area contributed by atoms with Crippen LogP contribution in [0.25, 0.3) is 11.1 Å². The number of aromatic nitrogens is 1. The van der Waals surface area contributed by atoms with Gasteiger partial charge in [0.15, 0.2) is 5.58 Å². The SMILES string of the molecule is Cn1c(=O)cc(C(=O)O)c2occc21. The van der Waals surface area contributed by atoms with Gasteiger partial charge in [-0.1, -0.05) is 0 Å². The molecule has 2 rings (SSSR count). The summed E-state index contributed by atoms with van der Waals surface area (Å²) in [6, 6.07) is 2.61. The molecule has 0 saturated heterocycles. The topological polar surface area (TPSA) is 72.4 Å². The monoisotopic (exact) mass is 193 g/mol. The van der Waals surface area contributed by atoms with Crippen molar-refractivity contribution in [1.82, 2.24) is 4.57 Å². The van der Waals surface area contributed by atoms with Crippen molar-refractivity contribution in [3.8, 4) is 0 Å². The molecule has 2 aromatic heterocycles. The average molecular weight is 193 g/mol. The molecule has 0 spiro atoms. The Balaban J connectivity index is 2.99. The van der Waals surface area contributed by atoms with Crippen LogP contribution in [0.3, 0.4) is 0 Å². The van der Waals surface area contributed by atoms with E-state index >= 15 is 0 Å². The quantitative estimate of drug-likeness (QED) is 0.728. The number of furan rings is 1. The van der Waals surface area contributed by atoms with Crippen LogP contribution in [0.4, 0.5) is 0 Å². The third kappa shape index (κ3) is 1.02. The molecule has 5 heteroatoms. The lowest BCUT2D eigenvalue weighted by Crippen LogP contribution is -2.18. The van der Waals surface area contributed by atoms with Gasteiger partial charge in [-0.2, -0.15) is 0 Å². The van der Waals surface area contributed by atoms with E-state index in [4.69, 9.17) is 9.52 Å². The van der Waals surface area contributed by atoms with Gasteiger partial charge in [0.05, 0.1) is 11.8 Å². The van der Waals surface area contributed by atoms with Crippen LogP contribution in [0, 0.1) is 0 Å². The Hall–Kier alpha value is -2.04. The Morgan fingerprint density at radius 2 is 2.29 bits per heavy atom. The van der Waals surface area contributed by atoms with Gasteiger partial charge in [-0.15, -0.1) is 0 Å². The molecule has 2 heterocycles. The average Bonchev–Trinajstić information content (AvgIpc) is 2.59. The Morgan fingerprint density at radius 3 is 2.93 bits per heavy atom. The maximum absolute atomic E-state index is 11.3. The first-order chi connectivity index (χ1) is 6.61. The summed E-state index contributed by atoms with van der Waals surface area (Å²) in [4.78, 5) is 22.1. The molecule has 2 aromatic rings. The van der Waals surface area contributed by atoms with Crippen LogP contribution in [0.5, 0.6) is 0 Å². The summed E-state index contributed by atoms with van der Waals surface area (Å²) in [5.74, 6) is -1.16. The Bertz CT molecular complexity index is 564. The predicted octanol–water partition coefficient (Wildman–Crippen LogP) is 0.830. The van der Waals surface area contributed by atoms with Crippen molar-refractivity contribution in [2.45, 2.75) is 0 Å². The molecule has 0 fully saturated rings. The number of rotatable bonds is 1. The minimum atomic E-state index is -1.16. The Morgan fingerprint density at radius 1 is 1.57 bits per heavy atom. The zero-order chi connectivity index (χ0) is 10.3. The fourth-order valence-corrected chi connectivity index (χ4v) is 1.33. The van der Waals surface area contributed by atoms with Crippen LogP contribution in [0.15, 0.2) is 27.6 Å². The number of carboxylic acid groups (broad SMARTS) is 1. The molecule has 0 bridgehead atoms. The van der Waals surface area contributed by atoms with E-state index in [0.29, 0.717) is 5.52 Å². The van der Waals surface area contributed by atoms with Gasteiger partial charge in [0.25, 0.3) is 5.56 Å². The zero-order valence-electron chi connectivity index (χ0n) is 7.35. The van der Waals surface area contributed by atoms with Crippen LogP contribution in [-0.4, -0.2) is 15.6 Å². The Kier molecular flexibility index (Phi) is 1.67. The lowest BCUT2D eigenvalue weighted by Gasteiger charge is -2.00. The van der Waals surface area contributed by atoms with E-state index < -0.39 is 5.97 Å². The van der Waals surface area contributed by atoms with E-state index in [-0.39, 0.29) is 16.7 Å². The van der Waals surface area contributed by atoms with Crippen LogP contribution in [-0.2, 0) is 7.05 Å². The highest BCUT2D eigenvalue weighted by molar-refractivity contribution is 5.99. The molecule has 0 aliphatic rings. The summed E-state index contributed by atoms with van der Waals surface area (Å²) in [5, 5.41) is 8.81. The molecular weight excluding hydrogens is 186 g/mol. The van der Waals surface area contributed by atoms with Crippen molar-refractivity contribution < 1.29 is 14.3 Å². The normalized spacial score (nSPS) is 10.6. The van der Waals surface area contributed by atoms with Crippen molar-refractivity contribution in [2.75, 3.05) is 0 Å². The van der Waals surface area contributed by atoms with Gasteiger partial charge in [-0.3, -0.25) is 4.79 Å². The van der Waals surface area contributed by atoms with E-state index in [2.05, 4.69) is 0 Å². The molecule has 0 saturated carbocycles. The summed E-state index contributed by atoms with van der Waals surface area (Å²) in [7, 11) is 1.56. The molecule has 0 radical (unpaired) electrons. The summed E-state index contributed by atoms with van der Waals surface area (Å²) in [6.07, 6.45) is 1.36. The molecule has 0 aromatic carbocycles. The van der Waals surface area contributed by atoms with E-state index in [0.717, 1.165) is 6.07 Å². The number of hydrogen-bond donors (Lipinski definition) is 1. The molecule has 0 atom stereocenters. The van der Waals surface area contributed by atoms with Crippen LogP contribution < -0.4 is 5.56 Å². The first kappa shape index (κ1) is 8.55. The lowest BCUT2D eigenvalue weighted by atomic mass is 10.2. The molecular formula is C9H7NO4. The van der Waals surface area contributed by atoms with Gasteiger partial charge < -0.3 is 14.1 Å². The predicted molar refractivity (Wildman–Crippen MR) is 48.4 cm³/mol. The number of aryl methyl sites for hydroxylation is 1. The first-order valence-electron chi connectivity index (χ1n) is 3.92. The largest absolute Gasteiger partial charge is 0.478 e. The van der Waals surface area contributed by atoms with Crippen LogP contribution in [0.2, 0.25) is 0 Å². The standard InChI is InChI=1S/C9H7NO4/c1-10-6-2-3-14-8(6)5(9(12)13)4-7(10)11/h2-4H,1H3,(H,12,13). The van der Waals surface area contributed by atoms with E-state index in [9.17, 15) is 9.59 Å². The highest BCUT2D eigenvalue weighted by atomic mass is 16.4. The van der Waals surface area contributed by atoms with Gasteiger partial charge in [0.2, 0.25) is 0 Å². The lowest BCUT2D eigenvalue weighted by molar-refractivity contribution is 0.0697. The van der Waals surface area contributed by atoms with Gasteiger partial charge in [-0.25, -0.2) is 4.79 Å². The molecule has 0 aliphatic heterocycles. The minimum Gasteiger partial charge on any atom is -0.478 e. The highest BCUT2D eigenvalue weighted by Crippen LogP contribution is 2.17. The third-order valence-electron chi connectivity index (χ3n) is 2.08. The van der Waals surface area contributed by atoms with Gasteiger partial charge in [0.1, 0.15) is 5.56 Å². The maximum Gasteiger partial charge on any atom is 0.339 e. The van der Waals surface area contributed by atoms with Crippen molar-refractivity contribution in [3.63, 3.8) is 0 Å². The smallest absolute Gasteiger partial charge is 0.339 e. The van der Waals surface area contributed by atoms with Crippen molar-refractivity contribution in [1.29, 1.82) is 0 Å². The second kappa shape index (κ2) is 2.73. The summed E-state index contributed by atoms with van der Waals surface area (Å²) in [6.45, 7) is 0. The molecule has 1 N–H and O–H groups in total. The second-order valence-corrected chi connectivity index (χ2v) is 2.90. The van der Waals surface area contributed by atoms with Gasteiger partial charge >= 0.3 is 5.97 Å². The molecule has 0 unspecified atom stereocenters. The summed E-state index contributed by atoms with van der Waals surface area (Å²) >= 11 is 0. The second-order valence-electron chi connectivity index (χ2n) is 2.90. The van der Waals surface area contributed by atoms with Crippen molar-refractivity contribution in [2.24, 2.45) is 7.05 Å². The van der Waals surface area contributed by atoms with Crippen LogP contribution >= 0.6 is 0 Å². The first-order valence-corrected chi connectivity index (χ1v) is 3.92. The molecule has 5 nitrogen and oxygen atoms in total. The number of pyridine rings is 1. The highest BCUT2D eigenvalue weighted by Gasteiger charge is 2.14. The molecule has 72 valence electrons. The number of carboxylic acids is 1. The van der Waals surface area contributed by atoms with E-state index in [1.54, 1.807) is 13.1 Å². The Labute approximate surface area is 78.2 Å². The van der Waals surface area contributed by atoms with Crippen molar-refractivity contribution >= 4 is 17.1 Å².